The lowest BCUT2D eigenvalue weighted by Crippen LogP contribution is -2.15. The summed E-state index contributed by atoms with van der Waals surface area (Å²) in [7, 11) is 4.12. The Bertz CT molecular complexity index is 391. The molecule has 0 aromatic heterocycles. The molecule has 2 nitrogen and oxygen atoms in total. The van der Waals surface area contributed by atoms with Gasteiger partial charge in [0.1, 0.15) is 0 Å². The number of nitrogens with zero attached hydrogens (tertiary/aromatic N) is 1. The summed E-state index contributed by atoms with van der Waals surface area (Å²) in [6.45, 7) is 0. The molecule has 0 fully saturated rings. The zero-order chi connectivity index (χ0) is 12.3. The Morgan fingerprint density at radius 3 is 2.44 bits per heavy atom. The maximum Gasteiger partial charge on any atom is 0.212 e. The number of carbonyl (C=O) groups excluding carboxylic acids is 1. The molecule has 0 heterocycles. The Kier molecular flexibility index (Phi) is 4.87. The van der Waals surface area contributed by atoms with E-state index >= 15 is 0 Å². The number of Topliss-reactive ketones (excluding diaryl/α,β-unsaturated/α-hetero) is 1. The predicted molar refractivity (Wildman–Crippen MR) is 76.9 cm³/mol. The van der Waals surface area contributed by atoms with Crippen LogP contribution in [0.1, 0.15) is 10.4 Å². The Morgan fingerprint density at radius 1 is 1.38 bits per heavy atom. The average molecular weight is 303 g/mol. The van der Waals surface area contributed by atoms with Gasteiger partial charge in [-0.25, -0.2) is 0 Å². The van der Waals surface area contributed by atoms with Crippen molar-refractivity contribution in [3.8, 4) is 0 Å². The van der Waals surface area contributed by atoms with Crippen LogP contribution in [-0.2, 0) is 10.9 Å². The summed E-state index contributed by atoms with van der Waals surface area (Å²) in [4.78, 5) is 13.9. The molecule has 0 saturated heterocycles. The van der Waals surface area contributed by atoms with E-state index in [1.807, 2.05) is 37.2 Å². The molecular formula is C12H17BrNOS+. The molecule has 0 spiro atoms. The molecular weight excluding hydrogens is 286 g/mol. The zero-order valence-electron chi connectivity index (χ0n) is 10.1. The minimum atomic E-state index is 0.151. The van der Waals surface area contributed by atoms with Crippen LogP contribution in [0.4, 0.5) is 5.69 Å². The van der Waals surface area contributed by atoms with Crippen molar-refractivity contribution >= 4 is 38.3 Å². The van der Waals surface area contributed by atoms with E-state index in [1.54, 1.807) is 0 Å². The van der Waals surface area contributed by atoms with E-state index in [2.05, 4.69) is 28.4 Å². The lowest BCUT2D eigenvalue weighted by Gasteiger charge is -2.13. The summed E-state index contributed by atoms with van der Waals surface area (Å²) in [5.41, 5.74) is 1.88. The lowest BCUT2D eigenvalue weighted by molar-refractivity contribution is 0.102. The normalized spacial score (nSPS) is 10.6. The van der Waals surface area contributed by atoms with Crippen molar-refractivity contribution in [2.24, 2.45) is 0 Å². The van der Waals surface area contributed by atoms with Gasteiger partial charge in [-0.05, 0) is 45.0 Å². The van der Waals surface area contributed by atoms with Crippen LogP contribution in [-0.4, -0.2) is 38.1 Å². The Hall–Kier alpha value is -0.480. The second-order valence-electron chi connectivity index (χ2n) is 4.11. The first-order valence-electron chi connectivity index (χ1n) is 4.96. The number of hydrogen-bond acceptors (Lipinski definition) is 2. The fraction of sp³-hybridized carbons (Fsp3) is 0.417. The van der Waals surface area contributed by atoms with Crippen LogP contribution < -0.4 is 4.90 Å². The van der Waals surface area contributed by atoms with Crippen molar-refractivity contribution in [1.82, 2.24) is 0 Å². The monoisotopic (exact) mass is 302 g/mol. The highest BCUT2D eigenvalue weighted by atomic mass is 79.9. The van der Waals surface area contributed by atoms with Gasteiger partial charge in [0.2, 0.25) is 5.78 Å². The maximum atomic E-state index is 11.9. The van der Waals surface area contributed by atoms with E-state index in [4.69, 9.17) is 0 Å². The fourth-order valence-electron chi connectivity index (χ4n) is 1.35. The molecule has 0 bridgehead atoms. The summed E-state index contributed by atoms with van der Waals surface area (Å²) in [6, 6.07) is 5.85. The Morgan fingerprint density at radius 2 is 2.00 bits per heavy atom. The number of anilines is 1. The molecule has 0 saturated carbocycles. The van der Waals surface area contributed by atoms with Crippen LogP contribution in [0, 0.1) is 0 Å². The minimum Gasteiger partial charge on any atom is -0.378 e. The van der Waals surface area contributed by atoms with E-state index in [9.17, 15) is 4.79 Å². The molecule has 0 amide bonds. The van der Waals surface area contributed by atoms with Crippen molar-refractivity contribution in [2.45, 2.75) is 0 Å². The Balaban J connectivity index is 2.95. The second kappa shape index (κ2) is 5.73. The highest BCUT2D eigenvalue weighted by Gasteiger charge is 2.16. The molecule has 0 atom stereocenters. The SMILES string of the molecule is CN(C)c1ccc(C(=O)C[S+](C)C)c(Br)c1. The molecule has 0 N–H and O–H groups in total. The van der Waals surface area contributed by atoms with Gasteiger partial charge in [-0.3, -0.25) is 4.79 Å². The maximum absolute atomic E-state index is 11.9. The summed E-state index contributed by atoms with van der Waals surface area (Å²) in [5.74, 6) is 0.838. The van der Waals surface area contributed by atoms with Crippen molar-refractivity contribution in [1.29, 1.82) is 0 Å². The summed E-state index contributed by atoms with van der Waals surface area (Å²) in [6.07, 6.45) is 4.17. The van der Waals surface area contributed by atoms with Crippen molar-refractivity contribution in [2.75, 3.05) is 37.3 Å². The first-order chi connectivity index (χ1) is 7.41. The van der Waals surface area contributed by atoms with Gasteiger partial charge in [-0.15, -0.1) is 0 Å². The number of carbonyl (C=O) groups is 1. The second-order valence-corrected chi connectivity index (χ2v) is 7.23. The largest absolute Gasteiger partial charge is 0.378 e. The van der Waals surface area contributed by atoms with Crippen molar-refractivity contribution < 1.29 is 4.79 Å². The Labute approximate surface area is 109 Å². The van der Waals surface area contributed by atoms with Crippen LogP contribution in [0.3, 0.4) is 0 Å². The average Bonchev–Trinajstić information content (AvgIpc) is 2.15. The molecule has 4 heteroatoms. The van der Waals surface area contributed by atoms with E-state index in [0.29, 0.717) is 5.75 Å². The van der Waals surface area contributed by atoms with E-state index in [1.165, 1.54) is 0 Å². The van der Waals surface area contributed by atoms with Crippen LogP contribution in [0.25, 0.3) is 0 Å². The molecule has 1 rings (SSSR count). The molecule has 0 radical (unpaired) electrons. The van der Waals surface area contributed by atoms with Gasteiger partial charge in [0.05, 0.1) is 12.5 Å². The predicted octanol–water partition coefficient (Wildman–Crippen LogP) is 2.58. The van der Waals surface area contributed by atoms with E-state index in [0.717, 1.165) is 15.7 Å². The molecule has 88 valence electrons. The number of ketones is 1. The molecule has 0 aliphatic carbocycles. The van der Waals surface area contributed by atoms with Gasteiger partial charge in [-0.2, -0.15) is 0 Å². The summed E-state index contributed by atoms with van der Waals surface area (Å²) < 4.78 is 0.883. The molecule has 0 unspecified atom stereocenters. The molecule has 1 aromatic carbocycles. The minimum absolute atomic E-state index is 0.151. The van der Waals surface area contributed by atoms with Gasteiger partial charge < -0.3 is 4.90 Å². The smallest absolute Gasteiger partial charge is 0.212 e. The van der Waals surface area contributed by atoms with Crippen LogP contribution in [0.15, 0.2) is 22.7 Å². The third-order valence-electron chi connectivity index (χ3n) is 2.19. The van der Waals surface area contributed by atoms with Crippen LogP contribution >= 0.6 is 15.9 Å². The highest BCUT2D eigenvalue weighted by Crippen LogP contribution is 2.23. The topological polar surface area (TPSA) is 20.3 Å². The quantitative estimate of drug-likeness (QED) is 0.629. The van der Waals surface area contributed by atoms with Gasteiger partial charge in [-0.1, -0.05) is 0 Å². The van der Waals surface area contributed by atoms with E-state index < -0.39 is 0 Å². The number of benzene rings is 1. The van der Waals surface area contributed by atoms with Crippen molar-refractivity contribution in [3.63, 3.8) is 0 Å². The molecule has 1 aromatic rings. The molecule has 0 aliphatic heterocycles. The standard InChI is InChI=1S/C12H17BrNOS/c1-14(2)9-5-6-10(11(13)7-9)12(15)8-16(3)4/h5-7H,8H2,1-4H3/q+1. The first-order valence-corrected chi connectivity index (χ1v) is 7.96. The van der Waals surface area contributed by atoms with E-state index in [-0.39, 0.29) is 16.7 Å². The number of rotatable bonds is 4. The summed E-state index contributed by atoms with van der Waals surface area (Å²) in [5, 5.41) is 0. The third kappa shape index (κ3) is 3.52. The zero-order valence-corrected chi connectivity index (χ0v) is 12.5. The van der Waals surface area contributed by atoms with Gasteiger partial charge in [0.25, 0.3) is 0 Å². The molecule has 16 heavy (non-hydrogen) atoms. The highest BCUT2D eigenvalue weighted by molar-refractivity contribution is 9.10. The van der Waals surface area contributed by atoms with Gasteiger partial charge >= 0.3 is 0 Å². The third-order valence-corrected chi connectivity index (χ3v) is 3.68. The van der Waals surface area contributed by atoms with Crippen LogP contribution in [0.2, 0.25) is 0 Å². The van der Waals surface area contributed by atoms with Gasteiger partial charge in [0.15, 0.2) is 5.75 Å². The van der Waals surface area contributed by atoms with Crippen molar-refractivity contribution in [3.05, 3.63) is 28.2 Å². The number of hydrogen-bond donors (Lipinski definition) is 0. The first kappa shape index (κ1) is 13.6. The summed E-state index contributed by atoms with van der Waals surface area (Å²) >= 11 is 3.46. The number of halogens is 1. The van der Waals surface area contributed by atoms with Crippen LogP contribution in [0.5, 0.6) is 0 Å². The van der Waals surface area contributed by atoms with Gasteiger partial charge in [0, 0.05) is 29.8 Å². The fourth-order valence-corrected chi connectivity index (χ4v) is 2.62. The molecule has 0 aliphatic rings. The lowest BCUT2D eigenvalue weighted by atomic mass is 10.1.